The van der Waals surface area contributed by atoms with Crippen molar-refractivity contribution in [3.8, 4) is 0 Å². The van der Waals surface area contributed by atoms with Gasteiger partial charge in [-0.25, -0.2) is 0 Å². The maximum atomic E-state index is 6.03. The van der Waals surface area contributed by atoms with Crippen LogP contribution in [0.4, 0.5) is 0 Å². The van der Waals surface area contributed by atoms with Crippen LogP contribution in [0.25, 0.3) is 0 Å². The van der Waals surface area contributed by atoms with E-state index in [9.17, 15) is 0 Å². The summed E-state index contributed by atoms with van der Waals surface area (Å²) in [5, 5.41) is 3.55. The molecule has 1 saturated carbocycles. The monoisotopic (exact) mass is 261 g/mol. The van der Waals surface area contributed by atoms with Crippen LogP contribution in [0.15, 0.2) is 24.3 Å². The zero-order chi connectivity index (χ0) is 13.7. The molecule has 0 radical (unpaired) electrons. The normalized spacial score (nSPS) is 17.0. The highest BCUT2D eigenvalue weighted by Crippen LogP contribution is 2.22. The average Bonchev–Trinajstić information content (AvgIpc) is 2.87. The van der Waals surface area contributed by atoms with Crippen molar-refractivity contribution in [2.75, 3.05) is 0 Å². The first-order valence-corrected chi connectivity index (χ1v) is 7.48. The molecule has 1 fully saturated rings. The lowest BCUT2D eigenvalue weighted by Crippen LogP contribution is -2.35. The molecule has 0 saturated heterocycles. The zero-order valence-electron chi connectivity index (χ0n) is 12.5. The third-order valence-electron chi connectivity index (χ3n) is 3.70. The van der Waals surface area contributed by atoms with E-state index in [1.54, 1.807) is 0 Å². The van der Waals surface area contributed by atoms with E-state index < -0.39 is 0 Å². The van der Waals surface area contributed by atoms with Gasteiger partial charge in [-0.3, -0.25) is 0 Å². The molecule has 0 spiro atoms. The van der Waals surface area contributed by atoms with E-state index in [0.717, 1.165) is 13.2 Å². The first-order valence-electron chi connectivity index (χ1n) is 7.48. The van der Waals surface area contributed by atoms with Gasteiger partial charge in [-0.15, -0.1) is 0 Å². The molecule has 1 aromatic rings. The Balaban J connectivity index is 1.91. The largest absolute Gasteiger partial charge is 0.374 e. The predicted octanol–water partition coefficient (Wildman–Crippen LogP) is 4.03. The molecular formula is C17H27NO. The molecule has 19 heavy (non-hydrogen) atoms. The Morgan fingerprint density at radius 3 is 2.37 bits per heavy atom. The molecule has 2 heteroatoms. The molecule has 0 bridgehead atoms. The van der Waals surface area contributed by atoms with Crippen LogP contribution in [-0.2, 0) is 17.9 Å². The summed E-state index contributed by atoms with van der Waals surface area (Å²) in [4.78, 5) is 0. The van der Waals surface area contributed by atoms with Crippen LogP contribution in [-0.4, -0.2) is 11.6 Å². The lowest BCUT2D eigenvalue weighted by molar-refractivity contribution is 0.0452. The van der Waals surface area contributed by atoms with E-state index in [2.05, 4.69) is 50.4 Å². The first-order chi connectivity index (χ1) is 9.04. The highest BCUT2D eigenvalue weighted by atomic mass is 16.5. The minimum Gasteiger partial charge on any atom is -0.374 e. The van der Waals surface area contributed by atoms with Crippen molar-refractivity contribution in [3.05, 3.63) is 35.4 Å². The SMILES string of the molecule is CC(C)(C)NCc1ccccc1COC1CCCC1. The Bertz CT molecular complexity index is 388. The highest BCUT2D eigenvalue weighted by Gasteiger charge is 2.16. The van der Waals surface area contributed by atoms with Gasteiger partial charge in [0.1, 0.15) is 0 Å². The molecule has 0 unspecified atom stereocenters. The van der Waals surface area contributed by atoms with Crippen molar-refractivity contribution < 1.29 is 4.74 Å². The first kappa shape index (κ1) is 14.5. The van der Waals surface area contributed by atoms with Crippen LogP contribution in [0, 0.1) is 0 Å². The summed E-state index contributed by atoms with van der Waals surface area (Å²) in [6, 6.07) is 8.60. The topological polar surface area (TPSA) is 21.3 Å². The van der Waals surface area contributed by atoms with Gasteiger partial charge < -0.3 is 10.1 Å². The van der Waals surface area contributed by atoms with Crippen LogP contribution in [0.1, 0.15) is 57.6 Å². The van der Waals surface area contributed by atoms with Gasteiger partial charge in [-0.05, 0) is 44.7 Å². The van der Waals surface area contributed by atoms with E-state index in [4.69, 9.17) is 4.74 Å². The van der Waals surface area contributed by atoms with Gasteiger partial charge in [0.2, 0.25) is 0 Å². The van der Waals surface area contributed by atoms with E-state index >= 15 is 0 Å². The molecule has 0 atom stereocenters. The molecule has 1 aromatic carbocycles. The third kappa shape index (κ3) is 4.96. The molecule has 0 aromatic heterocycles. The Hall–Kier alpha value is -0.860. The van der Waals surface area contributed by atoms with Gasteiger partial charge in [-0.2, -0.15) is 0 Å². The van der Waals surface area contributed by atoms with Gasteiger partial charge in [0.05, 0.1) is 12.7 Å². The highest BCUT2D eigenvalue weighted by molar-refractivity contribution is 5.26. The summed E-state index contributed by atoms with van der Waals surface area (Å²) in [6.07, 6.45) is 5.63. The van der Waals surface area contributed by atoms with Crippen molar-refractivity contribution in [1.29, 1.82) is 0 Å². The number of nitrogens with one attached hydrogen (secondary N) is 1. The van der Waals surface area contributed by atoms with Gasteiger partial charge in [-0.1, -0.05) is 37.1 Å². The van der Waals surface area contributed by atoms with Crippen LogP contribution < -0.4 is 5.32 Å². The maximum absolute atomic E-state index is 6.03. The Morgan fingerprint density at radius 2 is 1.74 bits per heavy atom. The summed E-state index contributed by atoms with van der Waals surface area (Å²) < 4.78 is 6.03. The molecule has 1 N–H and O–H groups in total. The fourth-order valence-electron chi connectivity index (χ4n) is 2.49. The Kier molecular flexibility index (Phi) is 5.00. The molecule has 0 heterocycles. The van der Waals surface area contributed by atoms with Gasteiger partial charge in [0.25, 0.3) is 0 Å². The van der Waals surface area contributed by atoms with Gasteiger partial charge >= 0.3 is 0 Å². The van der Waals surface area contributed by atoms with E-state index in [1.807, 2.05) is 0 Å². The minimum atomic E-state index is 0.152. The van der Waals surface area contributed by atoms with Crippen LogP contribution in [0.5, 0.6) is 0 Å². The van der Waals surface area contributed by atoms with Crippen LogP contribution in [0.3, 0.4) is 0 Å². The molecule has 1 aliphatic rings. The van der Waals surface area contributed by atoms with Crippen LogP contribution in [0.2, 0.25) is 0 Å². The fraction of sp³-hybridized carbons (Fsp3) is 0.647. The van der Waals surface area contributed by atoms with Crippen molar-refractivity contribution in [3.63, 3.8) is 0 Å². The molecule has 1 aliphatic carbocycles. The summed E-state index contributed by atoms with van der Waals surface area (Å²) in [5.41, 5.74) is 2.83. The van der Waals surface area contributed by atoms with Crippen LogP contribution >= 0.6 is 0 Å². The zero-order valence-corrected chi connectivity index (χ0v) is 12.5. The second kappa shape index (κ2) is 6.53. The predicted molar refractivity (Wildman–Crippen MR) is 80.1 cm³/mol. The second-order valence-electron chi connectivity index (χ2n) is 6.59. The van der Waals surface area contributed by atoms with Gasteiger partial charge in [0.15, 0.2) is 0 Å². The molecule has 2 rings (SSSR count). The van der Waals surface area contributed by atoms with Crippen molar-refractivity contribution in [2.45, 2.75) is 71.2 Å². The Labute approximate surface area is 117 Å². The van der Waals surface area contributed by atoms with Crippen molar-refractivity contribution in [1.82, 2.24) is 5.32 Å². The fourth-order valence-corrected chi connectivity index (χ4v) is 2.49. The van der Waals surface area contributed by atoms with Gasteiger partial charge in [0, 0.05) is 12.1 Å². The number of rotatable bonds is 5. The lowest BCUT2D eigenvalue weighted by Gasteiger charge is -2.22. The smallest absolute Gasteiger partial charge is 0.0723 e. The molecule has 106 valence electrons. The number of hydrogen-bond donors (Lipinski definition) is 1. The quantitative estimate of drug-likeness (QED) is 0.864. The summed E-state index contributed by atoms with van der Waals surface area (Å²) in [7, 11) is 0. The van der Waals surface area contributed by atoms with Crippen molar-refractivity contribution >= 4 is 0 Å². The van der Waals surface area contributed by atoms with E-state index in [1.165, 1.54) is 36.8 Å². The third-order valence-corrected chi connectivity index (χ3v) is 3.70. The van der Waals surface area contributed by atoms with E-state index in [0.29, 0.717) is 6.10 Å². The molecular weight excluding hydrogens is 234 g/mol. The van der Waals surface area contributed by atoms with E-state index in [-0.39, 0.29) is 5.54 Å². The number of hydrogen-bond acceptors (Lipinski definition) is 2. The summed E-state index contributed by atoms with van der Waals surface area (Å²) in [5.74, 6) is 0. The minimum absolute atomic E-state index is 0.152. The summed E-state index contributed by atoms with van der Waals surface area (Å²) in [6.45, 7) is 8.26. The molecule has 0 aliphatic heterocycles. The molecule has 2 nitrogen and oxygen atoms in total. The average molecular weight is 261 g/mol. The maximum Gasteiger partial charge on any atom is 0.0723 e. The second-order valence-corrected chi connectivity index (χ2v) is 6.59. The standard InChI is InChI=1S/C17H27NO/c1-17(2,3)18-12-14-8-4-5-9-15(14)13-19-16-10-6-7-11-16/h4-5,8-9,16,18H,6-7,10-13H2,1-3H3. The van der Waals surface area contributed by atoms with Crippen molar-refractivity contribution in [2.24, 2.45) is 0 Å². The number of benzene rings is 1. The Morgan fingerprint density at radius 1 is 1.11 bits per heavy atom. The number of ether oxygens (including phenoxy) is 1. The lowest BCUT2D eigenvalue weighted by atomic mass is 10.1. The molecule has 0 amide bonds. The summed E-state index contributed by atoms with van der Waals surface area (Å²) >= 11 is 0.